The van der Waals surface area contributed by atoms with Crippen LogP contribution in [0.4, 0.5) is 4.39 Å². The van der Waals surface area contributed by atoms with Crippen molar-refractivity contribution >= 4 is 15.9 Å². The number of hydrogen-bond donors (Lipinski definition) is 1. The van der Waals surface area contributed by atoms with Gasteiger partial charge in [0.2, 0.25) is 15.9 Å². The lowest BCUT2D eigenvalue weighted by Gasteiger charge is -2.58. The van der Waals surface area contributed by atoms with Crippen molar-refractivity contribution in [3.05, 3.63) is 59.9 Å². The Labute approximate surface area is 169 Å². The quantitative estimate of drug-likeness (QED) is 0.804. The fourth-order valence-corrected chi connectivity index (χ4v) is 5.46. The van der Waals surface area contributed by atoms with E-state index in [1.165, 1.54) is 16.4 Å². The number of rotatable bonds is 5. The number of aliphatic hydroxyl groups excluding tert-OH is 1. The Hall–Kier alpha value is -2.29. The van der Waals surface area contributed by atoms with Crippen molar-refractivity contribution in [2.24, 2.45) is 0 Å². The molecule has 1 amide bonds. The number of carbonyl (C=O) groups is 1. The average molecular weight is 418 g/mol. The van der Waals surface area contributed by atoms with Crippen LogP contribution < -0.4 is 0 Å². The normalized spacial score (nSPS) is 24.9. The van der Waals surface area contributed by atoms with E-state index in [1.807, 2.05) is 24.3 Å². The van der Waals surface area contributed by atoms with E-state index >= 15 is 0 Å². The van der Waals surface area contributed by atoms with Crippen molar-refractivity contribution in [2.45, 2.75) is 24.9 Å². The van der Waals surface area contributed by atoms with Crippen molar-refractivity contribution in [1.29, 1.82) is 0 Å². The van der Waals surface area contributed by atoms with Crippen molar-refractivity contribution in [3.8, 4) is 11.1 Å². The number of carbonyl (C=O) groups excluding carboxylic acids is 1. The molecule has 8 heteroatoms. The van der Waals surface area contributed by atoms with Crippen LogP contribution in [0, 0.1) is 5.82 Å². The van der Waals surface area contributed by atoms with E-state index in [-0.39, 0.29) is 55.2 Å². The number of aliphatic hydroxyl groups is 1. The molecule has 2 aromatic rings. The van der Waals surface area contributed by atoms with Gasteiger partial charge in [-0.3, -0.25) is 4.79 Å². The summed E-state index contributed by atoms with van der Waals surface area (Å²) in [6, 6.07) is 13.3. The lowest BCUT2D eigenvalue weighted by atomic mass is 9.74. The second-order valence-electron chi connectivity index (χ2n) is 7.47. The molecule has 2 aromatic carbocycles. The fourth-order valence-electron chi connectivity index (χ4n) is 4.40. The van der Waals surface area contributed by atoms with E-state index in [0.29, 0.717) is 0 Å². The van der Waals surface area contributed by atoms with Gasteiger partial charge >= 0.3 is 0 Å². The fraction of sp³-hybridized carbons (Fsp3) is 0.381. The van der Waals surface area contributed by atoms with Gasteiger partial charge in [-0.05, 0) is 35.7 Å². The lowest BCUT2D eigenvalue weighted by Crippen LogP contribution is -2.73. The van der Waals surface area contributed by atoms with Gasteiger partial charge in [-0.2, -0.15) is 4.31 Å². The largest absolute Gasteiger partial charge is 0.394 e. The van der Waals surface area contributed by atoms with E-state index in [2.05, 4.69) is 0 Å². The average Bonchev–Trinajstić information content (AvgIpc) is 2.70. The SMILES string of the molecule is CCS(=O)(=O)N1CC(=O)N2[C@H](C1)[C@H](c1ccc(-c3ccc(F)cc3)cc1)[C@@H]2CO. The molecule has 4 rings (SSSR count). The topological polar surface area (TPSA) is 77.9 Å². The third-order valence-electron chi connectivity index (χ3n) is 5.95. The molecule has 2 saturated heterocycles. The zero-order valence-electron chi connectivity index (χ0n) is 16.0. The molecule has 2 aliphatic heterocycles. The first kappa shape index (κ1) is 20.0. The minimum atomic E-state index is -3.46. The molecule has 29 heavy (non-hydrogen) atoms. The van der Waals surface area contributed by atoms with Crippen LogP contribution in [0.2, 0.25) is 0 Å². The van der Waals surface area contributed by atoms with Crippen LogP contribution in [0.25, 0.3) is 11.1 Å². The Morgan fingerprint density at radius 3 is 2.21 bits per heavy atom. The van der Waals surface area contributed by atoms with Crippen molar-refractivity contribution < 1.29 is 22.7 Å². The summed E-state index contributed by atoms with van der Waals surface area (Å²) in [5.41, 5.74) is 2.76. The smallest absolute Gasteiger partial charge is 0.238 e. The first-order chi connectivity index (χ1) is 13.9. The number of halogens is 1. The van der Waals surface area contributed by atoms with Crippen LogP contribution in [0.5, 0.6) is 0 Å². The summed E-state index contributed by atoms with van der Waals surface area (Å²) in [5, 5.41) is 9.84. The van der Waals surface area contributed by atoms with Crippen LogP contribution in [-0.2, 0) is 14.8 Å². The Balaban J connectivity index is 1.60. The maximum absolute atomic E-state index is 13.1. The molecule has 154 valence electrons. The predicted octanol–water partition coefficient (Wildman–Crippen LogP) is 1.81. The summed E-state index contributed by atoms with van der Waals surface area (Å²) in [6.07, 6.45) is 0. The van der Waals surface area contributed by atoms with E-state index in [1.54, 1.807) is 24.0 Å². The third-order valence-corrected chi connectivity index (χ3v) is 7.75. The summed E-state index contributed by atoms with van der Waals surface area (Å²) in [6.45, 7) is 1.46. The third kappa shape index (κ3) is 3.45. The molecule has 6 nitrogen and oxygen atoms in total. The molecule has 0 aliphatic carbocycles. The summed E-state index contributed by atoms with van der Waals surface area (Å²) >= 11 is 0. The first-order valence-electron chi connectivity index (χ1n) is 9.61. The van der Waals surface area contributed by atoms with Gasteiger partial charge in [0, 0.05) is 12.5 Å². The van der Waals surface area contributed by atoms with Crippen molar-refractivity contribution in [1.82, 2.24) is 9.21 Å². The highest BCUT2D eigenvalue weighted by atomic mass is 32.2. The monoisotopic (exact) mass is 418 g/mol. The van der Waals surface area contributed by atoms with Crippen LogP contribution in [0.1, 0.15) is 18.4 Å². The highest BCUT2D eigenvalue weighted by molar-refractivity contribution is 7.89. The molecule has 0 radical (unpaired) electrons. The highest BCUT2D eigenvalue weighted by Crippen LogP contribution is 2.43. The van der Waals surface area contributed by atoms with Gasteiger partial charge in [0.05, 0.1) is 31.0 Å². The molecule has 0 spiro atoms. The van der Waals surface area contributed by atoms with Crippen LogP contribution >= 0.6 is 0 Å². The van der Waals surface area contributed by atoms with Crippen molar-refractivity contribution in [3.63, 3.8) is 0 Å². The molecule has 0 unspecified atom stereocenters. The van der Waals surface area contributed by atoms with Gasteiger partial charge in [-0.1, -0.05) is 36.4 Å². The Morgan fingerprint density at radius 1 is 1.07 bits per heavy atom. The number of nitrogens with zero attached hydrogens (tertiary/aromatic N) is 2. The Morgan fingerprint density at radius 2 is 1.66 bits per heavy atom. The lowest BCUT2D eigenvalue weighted by molar-refractivity contribution is -0.158. The molecular formula is C21H23FN2O4S. The zero-order valence-corrected chi connectivity index (χ0v) is 16.8. The first-order valence-corrected chi connectivity index (χ1v) is 11.2. The van der Waals surface area contributed by atoms with Gasteiger partial charge in [0.15, 0.2) is 0 Å². The Kier molecular flexibility index (Phi) is 5.18. The second-order valence-corrected chi connectivity index (χ2v) is 9.72. The molecule has 1 N–H and O–H groups in total. The van der Waals surface area contributed by atoms with E-state index in [4.69, 9.17) is 0 Å². The highest BCUT2D eigenvalue weighted by Gasteiger charge is 2.55. The minimum Gasteiger partial charge on any atom is -0.394 e. The number of benzene rings is 2. The zero-order chi connectivity index (χ0) is 20.8. The number of hydrogen-bond acceptors (Lipinski definition) is 4. The molecular weight excluding hydrogens is 395 g/mol. The molecule has 0 bridgehead atoms. The number of fused-ring (bicyclic) bond motifs is 1. The number of sulfonamides is 1. The van der Waals surface area contributed by atoms with E-state index < -0.39 is 10.0 Å². The molecule has 0 aromatic heterocycles. The summed E-state index contributed by atoms with van der Waals surface area (Å²) in [7, 11) is -3.46. The maximum Gasteiger partial charge on any atom is 0.238 e. The molecule has 0 saturated carbocycles. The summed E-state index contributed by atoms with van der Waals surface area (Å²) in [5.74, 6) is -0.746. The maximum atomic E-state index is 13.1. The number of amides is 1. The van der Waals surface area contributed by atoms with Gasteiger partial charge in [-0.25, -0.2) is 12.8 Å². The van der Waals surface area contributed by atoms with E-state index in [0.717, 1.165) is 16.7 Å². The van der Waals surface area contributed by atoms with Gasteiger partial charge in [0.1, 0.15) is 5.82 Å². The van der Waals surface area contributed by atoms with Gasteiger partial charge < -0.3 is 10.0 Å². The van der Waals surface area contributed by atoms with Gasteiger partial charge in [-0.15, -0.1) is 0 Å². The number of piperazine rings is 1. The predicted molar refractivity (Wildman–Crippen MR) is 107 cm³/mol. The standard InChI is InChI=1S/C21H23FN2O4S/c1-2-29(27,28)23-11-18-21(19(13-25)24(18)20(26)12-23)16-5-3-14(4-6-16)15-7-9-17(22)10-8-15/h3-10,18-19,21,25H,2,11-13H2,1H3/t18-,19+,21+/m1/s1. The van der Waals surface area contributed by atoms with Crippen LogP contribution in [0.15, 0.2) is 48.5 Å². The molecule has 2 heterocycles. The minimum absolute atomic E-state index is 0.0482. The molecule has 2 fully saturated rings. The van der Waals surface area contributed by atoms with Crippen molar-refractivity contribution in [2.75, 3.05) is 25.4 Å². The summed E-state index contributed by atoms with van der Waals surface area (Å²) < 4.78 is 38.9. The Bertz CT molecular complexity index is 1010. The van der Waals surface area contributed by atoms with E-state index in [9.17, 15) is 22.7 Å². The second kappa shape index (κ2) is 7.51. The van der Waals surface area contributed by atoms with Gasteiger partial charge in [0.25, 0.3) is 0 Å². The summed E-state index contributed by atoms with van der Waals surface area (Å²) in [4.78, 5) is 14.1. The molecule has 3 atom stereocenters. The molecule has 2 aliphatic rings. The van der Waals surface area contributed by atoms with Crippen LogP contribution in [-0.4, -0.2) is 66.2 Å². The van der Waals surface area contributed by atoms with Crippen LogP contribution in [0.3, 0.4) is 0 Å².